The topological polar surface area (TPSA) is 139 Å². The van der Waals surface area contributed by atoms with Crippen LogP contribution in [0.1, 0.15) is 26.4 Å². The van der Waals surface area contributed by atoms with Crippen molar-refractivity contribution >= 4 is 28.9 Å². The van der Waals surface area contributed by atoms with Crippen molar-refractivity contribution in [2.24, 2.45) is 12.8 Å². The van der Waals surface area contributed by atoms with E-state index in [1.165, 1.54) is 6.20 Å². The molecule has 0 saturated carbocycles. The molecular formula is C22H23N7O3. The first-order chi connectivity index (χ1) is 15.5. The van der Waals surface area contributed by atoms with Gasteiger partial charge in [0.05, 0.1) is 46.9 Å². The maximum atomic E-state index is 12.3. The lowest BCUT2D eigenvalue weighted by Gasteiger charge is -2.26. The average molecular weight is 433 g/mol. The minimum Gasteiger partial charge on any atom is -0.383 e. The number of nitriles is 1. The predicted molar refractivity (Wildman–Crippen MR) is 118 cm³/mol. The summed E-state index contributed by atoms with van der Waals surface area (Å²) in [5.74, 6) is -0.672. The van der Waals surface area contributed by atoms with Crippen LogP contribution in [-0.2, 0) is 11.8 Å². The number of amides is 1. The molecule has 164 valence electrons. The molecule has 3 N–H and O–H groups in total. The minimum absolute atomic E-state index is 0.183. The highest BCUT2D eigenvalue weighted by Gasteiger charge is 2.24. The van der Waals surface area contributed by atoms with Crippen molar-refractivity contribution in [2.75, 3.05) is 44.7 Å². The summed E-state index contributed by atoms with van der Waals surface area (Å²) in [7, 11) is 1.78. The van der Waals surface area contributed by atoms with Crippen molar-refractivity contribution in [1.82, 2.24) is 19.4 Å². The van der Waals surface area contributed by atoms with Gasteiger partial charge >= 0.3 is 0 Å². The summed E-state index contributed by atoms with van der Waals surface area (Å²) in [6, 6.07) is 7.18. The van der Waals surface area contributed by atoms with Gasteiger partial charge in [0.1, 0.15) is 17.3 Å². The van der Waals surface area contributed by atoms with E-state index in [1.807, 2.05) is 0 Å². The summed E-state index contributed by atoms with van der Waals surface area (Å²) in [4.78, 5) is 34.5. The van der Waals surface area contributed by atoms with Gasteiger partial charge < -0.3 is 20.4 Å². The number of pyridine rings is 2. The Kier molecular flexibility index (Phi) is 6.11. The SMILES string of the molecule is Cn1c(-c2cc(NCCN3CCOCC3)c(C#N)cn2)c(C(N)=O)c2nc(C=O)ccc21. The van der Waals surface area contributed by atoms with Gasteiger partial charge in [-0.05, 0) is 18.2 Å². The number of fused-ring (bicyclic) bond motifs is 1. The average Bonchev–Trinajstić information content (AvgIpc) is 3.11. The zero-order valence-corrected chi connectivity index (χ0v) is 17.7. The molecule has 3 aromatic rings. The predicted octanol–water partition coefficient (Wildman–Crippen LogP) is 1.16. The quantitative estimate of drug-likeness (QED) is 0.529. The molecule has 0 radical (unpaired) electrons. The van der Waals surface area contributed by atoms with E-state index >= 15 is 0 Å². The Balaban J connectivity index is 1.71. The highest BCUT2D eigenvalue weighted by atomic mass is 16.5. The molecule has 1 aliphatic rings. The maximum absolute atomic E-state index is 12.3. The summed E-state index contributed by atoms with van der Waals surface area (Å²) in [5.41, 5.74) is 9.03. The molecule has 1 aliphatic heterocycles. The number of aryl methyl sites for hydroxylation is 1. The third-order valence-electron chi connectivity index (χ3n) is 5.55. The van der Waals surface area contributed by atoms with Gasteiger partial charge in [0, 0.05) is 39.4 Å². The van der Waals surface area contributed by atoms with E-state index in [-0.39, 0.29) is 11.3 Å². The molecule has 1 fully saturated rings. The van der Waals surface area contributed by atoms with E-state index in [4.69, 9.17) is 10.5 Å². The summed E-state index contributed by atoms with van der Waals surface area (Å²) < 4.78 is 7.14. The lowest BCUT2D eigenvalue weighted by Crippen LogP contribution is -2.39. The summed E-state index contributed by atoms with van der Waals surface area (Å²) in [5, 5.41) is 12.8. The Morgan fingerprint density at radius 3 is 2.84 bits per heavy atom. The van der Waals surface area contributed by atoms with E-state index in [9.17, 15) is 14.9 Å². The van der Waals surface area contributed by atoms with Gasteiger partial charge in [-0.15, -0.1) is 0 Å². The molecular weight excluding hydrogens is 410 g/mol. The van der Waals surface area contributed by atoms with Crippen LogP contribution >= 0.6 is 0 Å². The molecule has 4 heterocycles. The first-order valence-corrected chi connectivity index (χ1v) is 10.2. The van der Waals surface area contributed by atoms with E-state index in [0.29, 0.717) is 46.5 Å². The molecule has 0 spiro atoms. The van der Waals surface area contributed by atoms with Crippen LogP contribution < -0.4 is 11.1 Å². The van der Waals surface area contributed by atoms with Crippen molar-refractivity contribution in [3.05, 3.63) is 41.2 Å². The largest absolute Gasteiger partial charge is 0.383 e. The van der Waals surface area contributed by atoms with Gasteiger partial charge in [0.15, 0.2) is 6.29 Å². The van der Waals surface area contributed by atoms with E-state index < -0.39 is 5.91 Å². The second-order valence-corrected chi connectivity index (χ2v) is 7.48. The van der Waals surface area contributed by atoms with Crippen molar-refractivity contribution in [1.29, 1.82) is 5.26 Å². The number of aldehydes is 1. The molecule has 3 aromatic heterocycles. The van der Waals surface area contributed by atoms with Gasteiger partial charge in [-0.1, -0.05) is 0 Å². The lowest BCUT2D eigenvalue weighted by atomic mass is 10.1. The molecule has 4 rings (SSSR count). The molecule has 1 amide bonds. The molecule has 32 heavy (non-hydrogen) atoms. The number of hydrogen-bond donors (Lipinski definition) is 2. The standard InChI is InChI=1S/C22H23N7O3/c1-28-18-3-2-15(13-30)27-20(18)19(22(24)31)21(28)17-10-16(14(11-23)12-26-17)25-4-5-29-6-8-32-9-7-29/h2-3,10,12-13H,4-9H2,1H3,(H2,24,31)(H,25,26). The Bertz CT molecular complexity index is 1220. The number of carbonyl (C=O) groups excluding carboxylic acids is 2. The van der Waals surface area contributed by atoms with Gasteiger partial charge in [-0.3, -0.25) is 19.5 Å². The molecule has 1 saturated heterocycles. The number of ether oxygens (including phenoxy) is 1. The van der Waals surface area contributed by atoms with Crippen LogP contribution in [0.5, 0.6) is 0 Å². The monoisotopic (exact) mass is 433 g/mol. The molecule has 0 atom stereocenters. The number of morpholine rings is 1. The number of anilines is 1. The molecule has 10 nitrogen and oxygen atoms in total. The Morgan fingerprint density at radius 1 is 1.38 bits per heavy atom. The number of nitrogens with two attached hydrogens (primary N) is 1. The Hall–Kier alpha value is -3.81. The van der Waals surface area contributed by atoms with Crippen molar-refractivity contribution in [2.45, 2.75) is 0 Å². The van der Waals surface area contributed by atoms with Gasteiger partial charge in [-0.25, -0.2) is 4.98 Å². The zero-order chi connectivity index (χ0) is 22.7. The second-order valence-electron chi connectivity index (χ2n) is 7.48. The number of primary amides is 1. The molecule has 0 aromatic carbocycles. The van der Waals surface area contributed by atoms with Crippen molar-refractivity contribution in [3.63, 3.8) is 0 Å². The second kappa shape index (κ2) is 9.13. The fourth-order valence-electron chi connectivity index (χ4n) is 3.91. The van der Waals surface area contributed by atoms with Crippen LogP contribution in [0.15, 0.2) is 24.4 Å². The molecule has 0 unspecified atom stereocenters. The zero-order valence-electron chi connectivity index (χ0n) is 17.7. The fourth-order valence-corrected chi connectivity index (χ4v) is 3.91. The maximum Gasteiger partial charge on any atom is 0.253 e. The van der Waals surface area contributed by atoms with Crippen LogP contribution in [0.2, 0.25) is 0 Å². The molecule has 0 aliphatic carbocycles. The number of aromatic nitrogens is 3. The lowest BCUT2D eigenvalue weighted by molar-refractivity contribution is 0.0398. The molecule has 10 heteroatoms. The summed E-state index contributed by atoms with van der Waals surface area (Å²) >= 11 is 0. The third-order valence-corrected chi connectivity index (χ3v) is 5.55. The van der Waals surface area contributed by atoms with Crippen molar-refractivity contribution in [3.8, 4) is 17.5 Å². The highest BCUT2D eigenvalue weighted by Crippen LogP contribution is 2.32. The van der Waals surface area contributed by atoms with E-state index in [2.05, 4.69) is 26.3 Å². The Labute approximate surface area is 184 Å². The van der Waals surface area contributed by atoms with Gasteiger partial charge in [0.25, 0.3) is 5.91 Å². The van der Waals surface area contributed by atoms with Crippen LogP contribution in [0, 0.1) is 11.3 Å². The summed E-state index contributed by atoms with van der Waals surface area (Å²) in [6.45, 7) is 4.65. The smallest absolute Gasteiger partial charge is 0.253 e. The van der Waals surface area contributed by atoms with Gasteiger partial charge in [0.2, 0.25) is 0 Å². The molecule has 0 bridgehead atoms. The Morgan fingerprint density at radius 2 is 2.16 bits per heavy atom. The number of rotatable bonds is 7. The van der Waals surface area contributed by atoms with Crippen molar-refractivity contribution < 1.29 is 14.3 Å². The minimum atomic E-state index is -0.672. The normalized spacial score (nSPS) is 14.2. The number of carbonyl (C=O) groups is 2. The number of hydrogen-bond acceptors (Lipinski definition) is 8. The fraction of sp³-hybridized carbons (Fsp3) is 0.318. The van der Waals surface area contributed by atoms with E-state index in [1.54, 1.807) is 29.8 Å². The number of nitrogens with one attached hydrogen (secondary N) is 1. The van der Waals surface area contributed by atoms with Crippen LogP contribution in [0.25, 0.3) is 22.4 Å². The first-order valence-electron chi connectivity index (χ1n) is 10.2. The summed E-state index contributed by atoms with van der Waals surface area (Å²) in [6.07, 6.45) is 2.09. The van der Waals surface area contributed by atoms with Gasteiger partial charge in [-0.2, -0.15) is 5.26 Å². The number of nitrogens with zero attached hydrogens (tertiary/aromatic N) is 5. The van der Waals surface area contributed by atoms with Crippen LogP contribution in [-0.4, -0.2) is 71.0 Å². The van der Waals surface area contributed by atoms with Crippen LogP contribution in [0.4, 0.5) is 5.69 Å². The van der Waals surface area contributed by atoms with Crippen LogP contribution in [0.3, 0.4) is 0 Å². The first kappa shape index (κ1) is 21.4. The van der Waals surface area contributed by atoms with E-state index in [0.717, 1.165) is 32.8 Å². The highest BCUT2D eigenvalue weighted by molar-refractivity contribution is 6.11. The third kappa shape index (κ3) is 4.03.